The molecule has 32 heavy (non-hydrogen) atoms. The predicted octanol–water partition coefficient (Wildman–Crippen LogP) is 2.21. The number of aliphatic hydroxyl groups excluding tert-OH is 1. The van der Waals surface area contributed by atoms with Crippen molar-refractivity contribution >= 4 is 15.9 Å². The molecular formula is C22H23F3N2O4S. The molecule has 6 nitrogen and oxygen atoms in total. The lowest BCUT2D eigenvalue weighted by Gasteiger charge is -2.58. The van der Waals surface area contributed by atoms with Gasteiger partial charge in [0.05, 0.1) is 12.3 Å². The highest BCUT2D eigenvalue weighted by atomic mass is 32.2. The minimum absolute atomic E-state index is 0.00507. The number of benzene rings is 2. The molecule has 172 valence electrons. The van der Waals surface area contributed by atoms with Crippen molar-refractivity contribution in [2.75, 3.05) is 12.9 Å². The molecule has 2 aromatic carbocycles. The van der Waals surface area contributed by atoms with Gasteiger partial charge in [-0.05, 0) is 48.4 Å². The first-order valence-corrected chi connectivity index (χ1v) is 12.1. The maximum absolute atomic E-state index is 15.4. The lowest BCUT2D eigenvalue weighted by Crippen LogP contribution is -2.70. The molecular weight excluding hydrogens is 445 g/mol. The van der Waals surface area contributed by atoms with Gasteiger partial charge in [-0.3, -0.25) is 4.79 Å². The van der Waals surface area contributed by atoms with Gasteiger partial charge in [-0.2, -0.15) is 0 Å². The number of nitrogens with one attached hydrogen (secondary N) is 1. The minimum atomic E-state index is -3.61. The van der Waals surface area contributed by atoms with E-state index in [9.17, 15) is 27.1 Å². The number of amides is 1. The zero-order chi connectivity index (χ0) is 23.2. The Kier molecular flexibility index (Phi) is 6.04. The smallest absolute Gasteiger partial charge is 0.248 e. The van der Waals surface area contributed by atoms with Gasteiger partial charge < -0.3 is 10.0 Å². The number of piperidine rings is 2. The Morgan fingerprint density at radius 1 is 1.16 bits per heavy atom. The zero-order valence-corrected chi connectivity index (χ0v) is 18.1. The number of hydrogen-bond donors (Lipinski definition) is 2. The van der Waals surface area contributed by atoms with Crippen LogP contribution >= 0.6 is 0 Å². The van der Waals surface area contributed by atoms with Crippen LogP contribution in [0.1, 0.15) is 18.4 Å². The lowest BCUT2D eigenvalue weighted by molar-refractivity contribution is -0.152. The third-order valence-corrected chi connectivity index (χ3v) is 6.98. The highest BCUT2D eigenvalue weighted by Gasteiger charge is 2.52. The van der Waals surface area contributed by atoms with Crippen LogP contribution in [-0.2, 0) is 21.2 Å². The fourth-order valence-electron chi connectivity index (χ4n) is 4.92. The first-order chi connectivity index (χ1) is 15.1. The molecule has 0 radical (unpaired) electrons. The molecule has 0 spiro atoms. The molecule has 1 saturated carbocycles. The van der Waals surface area contributed by atoms with Crippen LogP contribution in [0.3, 0.4) is 0 Å². The van der Waals surface area contributed by atoms with Crippen LogP contribution < -0.4 is 4.72 Å². The van der Waals surface area contributed by atoms with Crippen molar-refractivity contribution in [3.63, 3.8) is 0 Å². The number of rotatable bonds is 6. The molecule has 2 heterocycles. The lowest BCUT2D eigenvalue weighted by atomic mass is 9.66. The number of carbonyl (C=O) groups is 1. The summed E-state index contributed by atoms with van der Waals surface area (Å²) in [5.74, 6) is -2.94. The summed E-state index contributed by atoms with van der Waals surface area (Å²) in [6.45, 7) is -0.742. The average molecular weight is 468 g/mol. The number of aliphatic hydroxyl groups is 1. The van der Waals surface area contributed by atoms with Crippen LogP contribution in [0.4, 0.5) is 13.2 Å². The van der Waals surface area contributed by atoms with Gasteiger partial charge in [0.25, 0.3) is 0 Å². The van der Waals surface area contributed by atoms with E-state index in [2.05, 4.69) is 4.72 Å². The topological polar surface area (TPSA) is 86.7 Å². The Balaban J connectivity index is 1.72. The number of hydrogen-bond acceptors (Lipinski definition) is 4. The van der Waals surface area contributed by atoms with Crippen LogP contribution in [0.15, 0.2) is 36.4 Å². The maximum Gasteiger partial charge on any atom is 0.248 e. The Morgan fingerprint density at radius 2 is 1.81 bits per heavy atom. The molecule has 1 aliphatic carbocycles. The molecule has 10 heteroatoms. The van der Waals surface area contributed by atoms with Gasteiger partial charge in [-0.1, -0.05) is 18.2 Å². The van der Waals surface area contributed by atoms with Gasteiger partial charge in [-0.15, -0.1) is 0 Å². The standard InChI is InChI=1S/C22H23F3N2O4S/c1-32(30,31)26-22-14-7-17(8-14)27(20(29)11-28)19(22)9-12-3-2-4-18(21(12)25)13-5-15(23)10-16(24)6-13/h2-6,10,14,17,19,22,26,28H,7-9,11H2,1H3/t14?,17?,19-,22-/m0/s1. The molecule has 2 N–H and O–H groups in total. The van der Waals surface area contributed by atoms with Crippen LogP contribution in [0.5, 0.6) is 0 Å². The van der Waals surface area contributed by atoms with Gasteiger partial charge in [0, 0.05) is 23.7 Å². The normalized spacial score (nSPS) is 24.8. The summed E-state index contributed by atoms with van der Waals surface area (Å²) in [7, 11) is -3.61. The first kappa shape index (κ1) is 22.8. The summed E-state index contributed by atoms with van der Waals surface area (Å²) < 4.78 is 69.3. The van der Waals surface area contributed by atoms with Crippen molar-refractivity contribution in [2.45, 2.75) is 37.4 Å². The second-order valence-corrected chi connectivity index (χ2v) is 10.2. The molecule has 0 unspecified atom stereocenters. The van der Waals surface area contributed by atoms with Gasteiger partial charge >= 0.3 is 0 Å². The highest BCUT2D eigenvalue weighted by molar-refractivity contribution is 7.88. The van der Waals surface area contributed by atoms with Crippen molar-refractivity contribution in [3.8, 4) is 11.1 Å². The van der Waals surface area contributed by atoms with E-state index < -0.39 is 52.1 Å². The third kappa shape index (κ3) is 4.39. The minimum Gasteiger partial charge on any atom is -0.387 e. The van der Waals surface area contributed by atoms with E-state index in [1.165, 1.54) is 23.1 Å². The summed E-state index contributed by atoms with van der Waals surface area (Å²) >= 11 is 0. The van der Waals surface area contributed by atoms with E-state index in [4.69, 9.17) is 0 Å². The quantitative estimate of drug-likeness (QED) is 0.681. The molecule has 3 fully saturated rings. The molecule has 2 atom stereocenters. The number of carbonyl (C=O) groups excluding carboxylic acids is 1. The van der Waals surface area contributed by atoms with Crippen molar-refractivity contribution < 1.29 is 31.5 Å². The van der Waals surface area contributed by atoms with Crippen LogP contribution in [0, 0.1) is 23.4 Å². The van der Waals surface area contributed by atoms with E-state index in [0.717, 1.165) is 18.4 Å². The second kappa shape index (κ2) is 8.49. The van der Waals surface area contributed by atoms with Crippen molar-refractivity contribution in [1.29, 1.82) is 0 Å². The number of nitrogens with zero attached hydrogens (tertiary/aromatic N) is 1. The molecule has 3 aliphatic rings. The van der Waals surface area contributed by atoms with Crippen molar-refractivity contribution in [1.82, 2.24) is 9.62 Å². The third-order valence-electron chi connectivity index (χ3n) is 6.28. The van der Waals surface area contributed by atoms with Crippen molar-refractivity contribution in [3.05, 3.63) is 59.4 Å². The zero-order valence-electron chi connectivity index (χ0n) is 17.3. The number of fused-ring (bicyclic) bond motifs is 2. The Morgan fingerprint density at radius 3 is 2.41 bits per heavy atom. The van der Waals surface area contributed by atoms with Crippen LogP contribution in [0.2, 0.25) is 0 Å². The summed E-state index contributed by atoms with van der Waals surface area (Å²) in [5, 5.41) is 9.45. The van der Waals surface area contributed by atoms with Gasteiger partial charge in [-0.25, -0.2) is 26.3 Å². The Labute approximate surface area is 184 Å². The first-order valence-electron chi connectivity index (χ1n) is 10.2. The van der Waals surface area contributed by atoms with Crippen LogP contribution in [0.25, 0.3) is 11.1 Å². The Bertz CT molecular complexity index is 1130. The summed E-state index contributed by atoms with van der Waals surface area (Å²) in [6, 6.07) is 5.67. The molecule has 0 aromatic heterocycles. The maximum atomic E-state index is 15.4. The fourth-order valence-corrected chi connectivity index (χ4v) is 5.76. The van der Waals surface area contributed by atoms with Gasteiger partial charge in [0.1, 0.15) is 24.1 Å². The van der Waals surface area contributed by atoms with E-state index >= 15 is 4.39 Å². The predicted molar refractivity (Wildman–Crippen MR) is 111 cm³/mol. The monoisotopic (exact) mass is 468 g/mol. The highest BCUT2D eigenvalue weighted by Crippen LogP contribution is 2.44. The van der Waals surface area contributed by atoms with E-state index in [-0.39, 0.29) is 35.1 Å². The SMILES string of the molecule is CS(=O)(=O)N[C@H]1C2CC(C2)N(C(=O)CO)[C@H]1Cc1cccc(-c2cc(F)cc(F)c2)c1F. The van der Waals surface area contributed by atoms with E-state index in [1.54, 1.807) is 0 Å². The molecule has 2 aliphatic heterocycles. The summed E-state index contributed by atoms with van der Waals surface area (Å²) in [4.78, 5) is 13.9. The second-order valence-electron chi connectivity index (χ2n) is 8.47. The largest absolute Gasteiger partial charge is 0.387 e. The van der Waals surface area contributed by atoms with E-state index in [1.807, 2.05) is 0 Å². The molecule has 2 bridgehead atoms. The molecule has 2 saturated heterocycles. The number of sulfonamides is 1. The average Bonchev–Trinajstić information content (AvgIpc) is 2.66. The van der Waals surface area contributed by atoms with Gasteiger partial charge in [0.2, 0.25) is 15.9 Å². The number of halogens is 3. The van der Waals surface area contributed by atoms with Crippen LogP contribution in [-0.4, -0.2) is 55.3 Å². The molecule has 1 amide bonds. The fraction of sp³-hybridized carbons (Fsp3) is 0.409. The molecule has 2 aromatic rings. The van der Waals surface area contributed by atoms with Crippen molar-refractivity contribution in [2.24, 2.45) is 5.92 Å². The Hall–Kier alpha value is -2.43. The van der Waals surface area contributed by atoms with Gasteiger partial charge in [0.15, 0.2) is 0 Å². The summed E-state index contributed by atoms with van der Waals surface area (Å²) in [5.41, 5.74) is 0.200. The summed E-state index contributed by atoms with van der Waals surface area (Å²) in [6.07, 6.45) is 2.19. The molecule has 5 rings (SSSR count). The van der Waals surface area contributed by atoms with E-state index in [0.29, 0.717) is 18.9 Å².